The summed E-state index contributed by atoms with van der Waals surface area (Å²) >= 11 is 3.30. The highest BCUT2D eigenvalue weighted by Crippen LogP contribution is 1.98. The third-order valence-corrected chi connectivity index (χ3v) is 4.06. The average Bonchev–Trinajstić information content (AvgIpc) is 3.31. The zero-order valence-corrected chi connectivity index (χ0v) is 17.0. The summed E-state index contributed by atoms with van der Waals surface area (Å²) in [5.41, 5.74) is 5.16. The summed E-state index contributed by atoms with van der Waals surface area (Å²) in [7, 11) is 0. The van der Waals surface area contributed by atoms with Crippen molar-refractivity contribution in [3.8, 4) is 0 Å². The predicted octanol–water partition coefficient (Wildman–Crippen LogP) is 5.08. The van der Waals surface area contributed by atoms with Gasteiger partial charge in [-0.25, -0.2) is 9.97 Å². The van der Waals surface area contributed by atoms with Crippen molar-refractivity contribution in [1.29, 1.82) is 0 Å². The molecule has 4 heterocycles. The lowest BCUT2D eigenvalue weighted by Gasteiger charge is -1.82. The molecule has 26 heavy (non-hydrogen) atoms. The van der Waals surface area contributed by atoms with Gasteiger partial charge in [-0.3, -0.25) is 15.0 Å². The molecule has 4 aromatic heterocycles. The van der Waals surface area contributed by atoms with Gasteiger partial charge in [0, 0.05) is 46.9 Å². The Morgan fingerprint density at radius 1 is 0.808 bits per heavy atom. The normalized spacial score (nSPS) is 8.77. The van der Waals surface area contributed by atoms with Gasteiger partial charge in [0.2, 0.25) is 0 Å². The molecule has 0 fully saturated rings. The number of hydrogen-bond acceptors (Lipinski definition) is 7. The van der Waals surface area contributed by atoms with Gasteiger partial charge in [-0.1, -0.05) is 6.07 Å². The summed E-state index contributed by atoms with van der Waals surface area (Å²) in [5, 5.41) is 5.12. The van der Waals surface area contributed by atoms with Crippen LogP contribution in [0.15, 0.2) is 65.6 Å². The topological polar surface area (TPSA) is 64.5 Å². The van der Waals surface area contributed by atoms with Crippen LogP contribution in [0.5, 0.6) is 0 Å². The van der Waals surface area contributed by atoms with Crippen molar-refractivity contribution in [1.82, 2.24) is 24.9 Å². The van der Waals surface area contributed by atoms with Gasteiger partial charge in [0.05, 0.1) is 10.5 Å². The molecule has 0 aromatic carbocycles. The first-order valence-electron chi connectivity index (χ1n) is 7.88. The van der Waals surface area contributed by atoms with Crippen molar-refractivity contribution < 1.29 is 0 Å². The van der Waals surface area contributed by atoms with E-state index < -0.39 is 0 Å². The Bertz CT molecular complexity index is 704. The van der Waals surface area contributed by atoms with E-state index in [1.165, 1.54) is 11.9 Å². The number of aryl methyl sites for hydroxylation is 4. The monoisotopic (exact) mass is 385 g/mol. The van der Waals surface area contributed by atoms with Gasteiger partial charge < -0.3 is 0 Å². The lowest BCUT2D eigenvalue weighted by molar-refractivity contribution is 1.10. The highest BCUT2D eigenvalue weighted by molar-refractivity contribution is 7.09. The Morgan fingerprint density at radius 3 is 1.88 bits per heavy atom. The van der Waals surface area contributed by atoms with Crippen LogP contribution in [0.1, 0.15) is 22.0 Å². The van der Waals surface area contributed by atoms with Crippen molar-refractivity contribution in [2.75, 3.05) is 0 Å². The quantitative estimate of drug-likeness (QED) is 0.422. The van der Waals surface area contributed by atoms with Crippen LogP contribution >= 0.6 is 22.7 Å². The molecule has 5 nitrogen and oxygen atoms in total. The van der Waals surface area contributed by atoms with E-state index >= 15 is 0 Å². The molecule has 136 valence electrons. The highest BCUT2D eigenvalue weighted by Gasteiger charge is 1.77. The minimum Gasteiger partial charge on any atom is -0.264 e. The van der Waals surface area contributed by atoms with Crippen LogP contribution in [0, 0.1) is 27.7 Å². The van der Waals surface area contributed by atoms with Crippen molar-refractivity contribution in [3.63, 3.8) is 0 Å². The summed E-state index contributed by atoms with van der Waals surface area (Å²) in [6, 6.07) is 5.81. The molecule has 4 aromatic rings. The zero-order chi connectivity index (χ0) is 19.0. The zero-order valence-electron chi connectivity index (χ0n) is 15.4. The minimum absolute atomic E-state index is 1.01. The van der Waals surface area contributed by atoms with Crippen molar-refractivity contribution in [2.24, 2.45) is 0 Å². The van der Waals surface area contributed by atoms with Gasteiger partial charge in [0.25, 0.3) is 0 Å². The van der Waals surface area contributed by atoms with Crippen LogP contribution in [-0.4, -0.2) is 24.9 Å². The third-order valence-electron chi connectivity index (χ3n) is 2.65. The maximum absolute atomic E-state index is 3.94. The smallest absolute Gasteiger partial charge is 0.115 e. The summed E-state index contributed by atoms with van der Waals surface area (Å²) in [6.07, 6.45) is 8.67. The van der Waals surface area contributed by atoms with E-state index in [1.54, 1.807) is 41.3 Å². The summed E-state index contributed by atoms with van der Waals surface area (Å²) in [6.45, 7) is 7.93. The Labute approximate surface area is 162 Å². The molecule has 0 aliphatic carbocycles. The van der Waals surface area contributed by atoms with Crippen molar-refractivity contribution >= 4 is 22.7 Å². The van der Waals surface area contributed by atoms with E-state index in [2.05, 4.69) is 24.9 Å². The molecule has 0 unspecified atom stereocenters. The van der Waals surface area contributed by atoms with Gasteiger partial charge in [-0.15, -0.1) is 22.7 Å². The minimum atomic E-state index is 1.01. The Balaban J connectivity index is 0.000000174. The molecule has 4 rings (SSSR count). The third kappa shape index (κ3) is 11.9. The average molecular weight is 386 g/mol. The van der Waals surface area contributed by atoms with E-state index in [-0.39, 0.29) is 0 Å². The number of rotatable bonds is 0. The summed E-state index contributed by atoms with van der Waals surface area (Å²) in [5.74, 6) is 0. The Kier molecular flexibility index (Phi) is 11.4. The predicted molar refractivity (Wildman–Crippen MR) is 109 cm³/mol. The first-order chi connectivity index (χ1) is 12.6. The number of nitrogens with zero attached hydrogens (tertiary/aromatic N) is 5. The van der Waals surface area contributed by atoms with Gasteiger partial charge in [-0.2, -0.15) is 0 Å². The molecule has 0 atom stereocenters. The fraction of sp³-hybridized carbons (Fsp3) is 0.211. The number of pyridine rings is 1. The standard InChI is InChI=1S/C6H7N.C5H6N2.2C4H5NS/c1-6-3-2-4-7-5-6;1-5-2-3-6-4-7-5;1-4-2-6-3-5-4;1-4-5-2-3-6-4/h2-5H,1H3;2-4H,1H3;2*2-3H,1H3. The van der Waals surface area contributed by atoms with E-state index in [9.17, 15) is 0 Å². The molecule has 0 radical (unpaired) electrons. The SMILES string of the molecule is Cc1cccnc1.Cc1ccncn1.Cc1cscn1.Cc1nccs1. The Morgan fingerprint density at radius 2 is 1.65 bits per heavy atom. The molecule has 0 N–H and O–H groups in total. The first kappa shape index (κ1) is 21.5. The van der Waals surface area contributed by atoms with Gasteiger partial charge in [0.15, 0.2) is 0 Å². The summed E-state index contributed by atoms with van der Waals surface area (Å²) < 4.78 is 0. The van der Waals surface area contributed by atoms with Crippen LogP contribution in [0.3, 0.4) is 0 Å². The lowest BCUT2D eigenvalue weighted by atomic mass is 10.3. The van der Waals surface area contributed by atoms with Crippen molar-refractivity contribution in [3.05, 3.63) is 87.5 Å². The second-order valence-corrected chi connectivity index (χ2v) is 6.88. The van der Waals surface area contributed by atoms with E-state index in [4.69, 9.17) is 0 Å². The van der Waals surface area contributed by atoms with Gasteiger partial charge in [-0.05, 0) is 45.4 Å². The second-order valence-electron chi connectivity index (χ2n) is 5.06. The van der Waals surface area contributed by atoms with Crippen LogP contribution in [0.2, 0.25) is 0 Å². The second kappa shape index (κ2) is 13.7. The molecule has 0 aliphatic heterocycles. The van der Waals surface area contributed by atoms with E-state index in [1.807, 2.05) is 68.4 Å². The molecule has 0 aliphatic rings. The van der Waals surface area contributed by atoms with Crippen LogP contribution in [0.4, 0.5) is 0 Å². The maximum atomic E-state index is 3.94. The number of hydrogen-bond donors (Lipinski definition) is 0. The Hall–Kier alpha value is -2.51. The highest BCUT2D eigenvalue weighted by atomic mass is 32.1. The number of thiazole rings is 2. The van der Waals surface area contributed by atoms with E-state index in [0.29, 0.717) is 0 Å². The fourth-order valence-electron chi connectivity index (χ4n) is 1.37. The molecular formula is C19H23N5S2. The summed E-state index contributed by atoms with van der Waals surface area (Å²) in [4.78, 5) is 19.4. The largest absolute Gasteiger partial charge is 0.264 e. The molecule has 0 spiro atoms. The van der Waals surface area contributed by atoms with Gasteiger partial charge in [0.1, 0.15) is 6.33 Å². The molecular weight excluding hydrogens is 362 g/mol. The fourth-order valence-corrected chi connectivity index (χ4v) is 2.36. The van der Waals surface area contributed by atoms with Crippen molar-refractivity contribution in [2.45, 2.75) is 27.7 Å². The maximum Gasteiger partial charge on any atom is 0.115 e. The molecule has 0 bridgehead atoms. The van der Waals surface area contributed by atoms with Gasteiger partial charge >= 0.3 is 0 Å². The lowest BCUT2D eigenvalue weighted by Crippen LogP contribution is -1.77. The van der Waals surface area contributed by atoms with Crippen LogP contribution in [-0.2, 0) is 0 Å². The van der Waals surface area contributed by atoms with Crippen LogP contribution < -0.4 is 0 Å². The van der Waals surface area contributed by atoms with E-state index in [0.717, 1.165) is 16.4 Å². The first-order valence-corrected chi connectivity index (χ1v) is 9.70. The molecule has 0 amide bonds. The van der Waals surface area contributed by atoms with Crippen LogP contribution in [0.25, 0.3) is 0 Å². The molecule has 0 saturated heterocycles. The molecule has 0 saturated carbocycles. The number of aromatic nitrogens is 5. The molecule has 7 heteroatoms.